The molecule has 108 valence electrons. The Bertz CT molecular complexity index is 534. The van der Waals surface area contributed by atoms with E-state index in [1.165, 1.54) is 11.0 Å². The third-order valence-electron chi connectivity index (χ3n) is 3.19. The number of carbonyl (C=O) groups excluding carboxylic acids is 1. The first-order chi connectivity index (χ1) is 9.49. The third kappa shape index (κ3) is 3.04. The molecule has 2 rings (SSSR count). The summed E-state index contributed by atoms with van der Waals surface area (Å²) in [4.78, 5) is 24.2. The maximum atomic E-state index is 12.0. The monoisotopic (exact) mass is 284 g/mol. The molecule has 7 heteroatoms. The van der Waals surface area contributed by atoms with Crippen molar-refractivity contribution < 1.29 is 23.5 Å². The molecule has 20 heavy (non-hydrogen) atoms. The molecule has 2 amide bonds. The Kier molecular flexibility index (Phi) is 4.16. The van der Waals surface area contributed by atoms with Crippen LogP contribution < -0.4 is 5.32 Å². The molecule has 5 nitrogen and oxygen atoms in total. The highest BCUT2D eigenvalue weighted by Crippen LogP contribution is 2.22. The summed E-state index contributed by atoms with van der Waals surface area (Å²) in [6.45, 7) is -0.144. The van der Waals surface area contributed by atoms with Crippen LogP contribution >= 0.6 is 0 Å². The largest absolute Gasteiger partial charge is 0.478 e. The molecule has 1 aliphatic rings. The van der Waals surface area contributed by atoms with Gasteiger partial charge in [-0.25, -0.2) is 18.4 Å². The summed E-state index contributed by atoms with van der Waals surface area (Å²) in [5.74, 6) is -1.00. The van der Waals surface area contributed by atoms with E-state index in [1.807, 2.05) is 0 Å². The van der Waals surface area contributed by atoms with Crippen molar-refractivity contribution in [2.75, 3.05) is 13.1 Å². The van der Waals surface area contributed by atoms with Crippen LogP contribution in [0.3, 0.4) is 0 Å². The summed E-state index contributed by atoms with van der Waals surface area (Å²) in [5.41, 5.74) is 1.68. The lowest BCUT2D eigenvalue weighted by atomic mass is 9.95. The SMILES string of the molecule is O=C(O)c1cccc2c1CCN(C(=O)NCC(F)F)C2. The Labute approximate surface area is 114 Å². The van der Waals surface area contributed by atoms with Gasteiger partial charge in [0.05, 0.1) is 12.1 Å². The first-order valence-electron chi connectivity index (χ1n) is 6.14. The van der Waals surface area contributed by atoms with E-state index < -0.39 is 25.0 Å². The van der Waals surface area contributed by atoms with Gasteiger partial charge in [-0.05, 0) is 23.6 Å². The zero-order valence-electron chi connectivity index (χ0n) is 10.6. The second kappa shape index (κ2) is 5.85. The molecular formula is C13H14F2N2O3. The number of nitrogens with one attached hydrogen (secondary N) is 1. The average molecular weight is 284 g/mol. The van der Waals surface area contributed by atoms with Crippen molar-refractivity contribution in [1.82, 2.24) is 10.2 Å². The van der Waals surface area contributed by atoms with Crippen LogP contribution in [0.1, 0.15) is 21.5 Å². The molecule has 0 fully saturated rings. The second-order valence-corrected chi connectivity index (χ2v) is 4.50. The molecule has 0 radical (unpaired) electrons. The fraction of sp³-hybridized carbons (Fsp3) is 0.385. The Morgan fingerprint density at radius 2 is 2.15 bits per heavy atom. The zero-order valence-corrected chi connectivity index (χ0v) is 10.6. The Hall–Kier alpha value is -2.18. The predicted octanol–water partition coefficient (Wildman–Crippen LogP) is 1.72. The highest BCUT2D eigenvalue weighted by Gasteiger charge is 2.24. The lowest BCUT2D eigenvalue weighted by molar-refractivity contribution is 0.0695. The predicted molar refractivity (Wildman–Crippen MR) is 66.9 cm³/mol. The van der Waals surface area contributed by atoms with Gasteiger partial charge in [-0.1, -0.05) is 12.1 Å². The lowest BCUT2D eigenvalue weighted by Gasteiger charge is -2.29. The molecule has 0 atom stereocenters. The molecule has 1 aromatic rings. The quantitative estimate of drug-likeness (QED) is 0.888. The van der Waals surface area contributed by atoms with Crippen LogP contribution in [0.5, 0.6) is 0 Å². The van der Waals surface area contributed by atoms with Gasteiger partial charge in [-0.3, -0.25) is 0 Å². The standard InChI is InChI=1S/C13H14F2N2O3/c14-11(15)6-16-13(20)17-5-4-9-8(7-17)2-1-3-10(9)12(18)19/h1-3,11H,4-7H2,(H,16,20)(H,18,19). The molecular weight excluding hydrogens is 270 g/mol. The maximum absolute atomic E-state index is 12.0. The summed E-state index contributed by atoms with van der Waals surface area (Å²) >= 11 is 0. The first-order valence-corrected chi connectivity index (χ1v) is 6.14. The van der Waals surface area contributed by atoms with E-state index in [9.17, 15) is 18.4 Å². The summed E-state index contributed by atoms with van der Waals surface area (Å²) in [6.07, 6.45) is -2.19. The first kappa shape index (κ1) is 14.2. The molecule has 0 bridgehead atoms. The van der Waals surface area contributed by atoms with Crippen molar-refractivity contribution in [3.8, 4) is 0 Å². The van der Waals surface area contributed by atoms with Crippen LogP contribution in [0.15, 0.2) is 18.2 Å². The summed E-state index contributed by atoms with van der Waals surface area (Å²) < 4.78 is 24.1. The highest BCUT2D eigenvalue weighted by molar-refractivity contribution is 5.90. The normalized spacial score (nSPS) is 14.1. The number of carboxylic acids is 1. The van der Waals surface area contributed by atoms with Crippen LogP contribution in [0.2, 0.25) is 0 Å². The van der Waals surface area contributed by atoms with E-state index in [0.29, 0.717) is 18.5 Å². The van der Waals surface area contributed by atoms with Gasteiger partial charge in [0.15, 0.2) is 0 Å². The van der Waals surface area contributed by atoms with Crippen molar-refractivity contribution in [2.45, 2.75) is 19.4 Å². The topological polar surface area (TPSA) is 69.6 Å². The maximum Gasteiger partial charge on any atom is 0.335 e. The summed E-state index contributed by atoms with van der Waals surface area (Å²) in [5, 5.41) is 11.2. The molecule has 1 aliphatic heterocycles. The number of hydrogen-bond acceptors (Lipinski definition) is 2. The smallest absolute Gasteiger partial charge is 0.335 e. The minimum atomic E-state index is -2.59. The number of amides is 2. The van der Waals surface area contributed by atoms with Gasteiger partial charge in [0.1, 0.15) is 0 Å². The van der Waals surface area contributed by atoms with Gasteiger partial charge in [0.2, 0.25) is 0 Å². The fourth-order valence-electron chi connectivity index (χ4n) is 2.26. The minimum absolute atomic E-state index is 0.228. The van der Waals surface area contributed by atoms with Gasteiger partial charge in [0.25, 0.3) is 6.43 Å². The number of aromatic carboxylic acids is 1. The van der Waals surface area contributed by atoms with Gasteiger partial charge in [-0.15, -0.1) is 0 Å². The lowest BCUT2D eigenvalue weighted by Crippen LogP contribution is -2.44. The average Bonchev–Trinajstić information content (AvgIpc) is 2.43. The fourth-order valence-corrected chi connectivity index (χ4v) is 2.26. The molecule has 0 saturated heterocycles. The second-order valence-electron chi connectivity index (χ2n) is 4.50. The number of urea groups is 1. The number of carbonyl (C=O) groups is 2. The van der Waals surface area contributed by atoms with Crippen LogP contribution in [-0.2, 0) is 13.0 Å². The van der Waals surface area contributed by atoms with Crippen LogP contribution in [0, 0.1) is 0 Å². The minimum Gasteiger partial charge on any atom is -0.478 e. The Morgan fingerprint density at radius 3 is 2.80 bits per heavy atom. The molecule has 0 aromatic heterocycles. The van der Waals surface area contributed by atoms with Gasteiger partial charge in [-0.2, -0.15) is 0 Å². The number of hydrogen-bond donors (Lipinski definition) is 2. The number of benzene rings is 1. The van der Waals surface area contributed by atoms with Crippen molar-refractivity contribution in [3.63, 3.8) is 0 Å². The summed E-state index contributed by atoms with van der Waals surface area (Å²) in [7, 11) is 0. The van der Waals surface area contributed by atoms with Crippen molar-refractivity contribution in [2.24, 2.45) is 0 Å². The van der Waals surface area contributed by atoms with E-state index >= 15 is 0 Å². The van der Waals surface area contributed by atoms with Crippen LogP contribution in [-0.4, -0.2) is 41.5 Å². The molecule has 0 spiro atoms. The van der Waals surface area contributed by atoms with Crippen LogP contribution in [0.4, 0.5) is 13.6 Å². The molecule has 0 saturated carbocycles. The van der Waals surface area contributed by atoms with Crippen molar-refractivity contribution >= 4 is 12.0 Å². The molecule has 1 aromatic carbocycles. The highest BCUT2D eigenvalue weighted by atomic mass is 19.3. The zero-order chi connectivity index (χ0) is 14.7. The Morgan fingerprint density at radius 1 is 1.40 bits per heavy atom. The molecule has 1 heterocycles. The summed E-state index contributed by atoms with van der Waals surface area (Å²) in [6, 6.07) is 4.32. The number of carboxylic acid groups (broad SMARTS) is 1. The molecule has 0 aliphatic carbocycles. The van der Waals surface area contributed by atoms with E-state index in [4.69, 9.17) is 5.11 Å². The number of rotatable bonds is 3. The van der Waals surface area contributed by atoms with Gasteiger partial charge < -0.3 is 15.3 Å². The van der Waals surface area contributed by atoms with Gasteiger partial charge in [0, 0.05) is 13.1 Å². The van der Waals surface area contributed by atoms with Gasteiger partial charge >= 0.3 is 12.0 Å². The van der Waals surface area contributed by atoms with E-state index in [1.54, 1.807) is 12.1 Å². The molecule has 0 unspecified atom stereocenters. The number of alkyl halides is 2. The molecule has 2 N–H and O–H groups in total. The van der Waals surface area contributed by atoms with Crippen LogP contribution in [0.25, 0.3) is 0 Å². The third-order valence-corrected chi connectivity index (χ3v) is 3.19. The Balaban J connectivity index is 2.10. The van der Waals surface area contributed by atoms with E-state index in [0.717, 1.165) is 5.56 Å². The van der Waals surface area contributed by atoms with Crippen molar-refractivity contribution in [1.29, 1.82) is 0 Å². The number of halogens is 2. The van der Waals surface area contributed by atoms with E-state index in [2.05, 4.69) is 5.32 Å². The number of fused-ring (bicyclic) bond motifs is 1. The van der Waals surface area contributed by atoms with E-state index in [-0.39, 0.29) is 12.1 Å². The number of nitrogens with zero attached hydrogens (tertiary/aromatic N) is 1. The van der Waals surface area contributed by atoms with Crippen molar-refractivity contribution in [3.05, 3.63) is 34.9 Å².